The van der Waals surface area contributed by atoms with Crippen LogP contribution in [-0.4, -0.2) is 48.3 Å². The van der Waals surface area contributed by atoms with Crippen molar-refractivity contribution in [2.75, 3.05) is 19.6 Å². The molecule has 0 bridgehead atoms. The number of amides is 3. The molecule has 2 aromatic carbocycles. The standard InChI is InChI=1S/C21H22BrN3O3/c22-18-9-5-4-8-17(18)21(28)25-12-10-16(11-13-25)24-19(26)14-23-20(27)15-6-2-1-3-7-15/h1-9,16H,10-14H2,(H,23,27)(H,24,26). The van der Waals surface area contributed by atoms with E-state index in [0.717, 1.165) is 4.47 Å². The van der Waals surface area contributed by atoms with Crippen LogP contribution in [-0.2, 0) is 4.79 Å². The van der Waals surface area contributed by atoms with Gasteiger partial charge in [0.2, 0.25) is 5.91 Å². The first-order valence-electron chi connectivity index (χ1n) is 9.21. The zero-order chi connectivity index (χ0) is 19.9. The molecule has 7 heteroatoms. The van der Waals surface area contributed by atoms with E-state index in [1.165, 1.54) is 0 Å². The van der Waals surface area contributed by atoms with E-state index in [1.807, 2.05) is 24.3 Å². The molecule has 3 amide bonds. The number of likely N-dealkylation sites (tertiary alicyclic amines) is 1. The van der Waals surface area contributed by atoms with Crippen molar-refractivity contribution in [1.29, 1.82) is 0 Å². The summed E-state index contributed by atoms with van der Waals surface area (Å²) in [5.74, 6) is -0.503. The van der Waals surface area contributed by atoms with Gasteiger partial charge in [0.1, 0.15) is 0 Å². The van der Waals surface area contributed by atoms with Gasteiger partial charge in [-0.2, -0.15) is 0 Å². The van der Waals surface area contributed by atoms with Gasteiger partial charge in [0.15, 0.2) is 0 Å². The van der Waals surface area contributed by atoms with Gasteiger partial charge in [-0.05, 0) is 53.0 Å². The number of benzene rings is 2. The van der Waals surface area contributed by atoms with Gasteiger partial charge in [0, 0.05) is 29.2 Å². The summed E-state index contributed by atoms with van der Waals surface area (Å²) in [5.41, 5.74) is 1.17. The Morgan fingerprint density at radius 3 is 2.29 bits per heavy atom. The lowest BCUT2D eigenvalue weighted by molar-refractivity contribution is -0.121. The third kappa shape index (κ3) is 5.19. The second kappa shape index (κ2) is 9.50. The maximum Gasteiger partial charge on any atom is 0.254 e. The Bertz CT molecular complexity index is 849. The van der Waals surface area contributed by atoms with Gasteiger partial charge < -0.3 is 15.5 Å². The predicted molar refractivity (Wildman–Crippen MR) is 110 cm³/mol. The van der Waals surface area contributed by atoms with Crippen LogP contribution < -0.4 is 10.6 Å². The van der Waals surface area contributed by atoms with E-state index in [9.17, 15) is 14.4 Å². The Balaban J connectivity index is 1.43. The summed E-state index contributed by atoms with van der Waals surface area (Å²) >= 11 is 3.41. The monoisotopic (exact) mass is 443 g/mol. The summed E-state index contributed by atoms with van der Waals surface area (Å²) in [7, 11) is 0. The average molecular weight is 444 g/mol. The predicted octanol–water partition coefficient (Wildman–Crippen LogP) is 2.60. The van der Waals surface area contributed by atoms with Gasteiger partial charge in [-0.3, -0.25) is 14.4 Å². The molecule has 2 aromatic rings. The van der Waals surface area contributed by atoms with Crippen LogP contribution in [0.2, 0.25) is 0 Å². The van der Waals surface area contributed by atoms with E-state index < -0.39 is 0 Å². The Kier molecular flexibility index (Phi) is 6.81. The van der Waals surface area contributed by atoms with E-state index >= 15 is 0 Å². The van der Waals surface area contributed by atoms with E-state index in [2.05, 4.69) is 26.6 Å². The minimum absolute atomic E-state index is 0.00407. The van der Waals surface area contributed by atoms with Crippen LogP contribution in [0.3, 0.4) is 0 Å². The first kappa shape index (κ1) is 20.1. The number of nitrogens with zero attached hydrogens (tertiary/aromatic N) is 1. The zero-order valence-corrected chi connectivity index (χ0v) is 16.9. The molecule has 2 N–H and O–H groups in total. The Labute approximate surface area is 172 Å². The second-order valence-corrected chi connectivity index (χ2v) is 7.52. The fourth-order valence-electron chi connectivity index (χ4n) is 3.16. The molecule has 0 saturated carbocycles. The molecular formula is C21H22BrN3O3. The maximum atomic E-state index is 12.6. The summed E-state index contributed by atoms with van der Waals surface area (Å²) in [6.07, 6.45) is 1.38. The summed E-state index contributed by atoms with van der Waals surface area (Å²) in [6.45, 7) is 1.10. The quantitative estimate of drug-likeness (QED) is 0.745. The normalized spacial score (nSPS) is 14.4. The van der Waals surface area contributed by atoms with Gasteiger partial charge >= 0.3 is 0 Å². The number of carbonyl (C=O) groups excluding carboxylic acids is 3. The summed E-state index contributed by atoms with van der Waals surface area (Å²) in [5, 5.41) is 5.56. The highest BCUT2D eigenvalue weighted by Gasteiger charge is 2.25. The SMILES string of the molecule is O=C(CNC(=O)c1ccccc1)NC1CCN(C(=O)c2ccccc2Br)CC1. The van der Waals surface area contributed by atoms with Crippen LogP contribution in [0.5, 0.6) is 0 Å². The van der Waals surface area contributed by atoms with Crippen LogP contribution in [0, 0.1) is 0 Å². The molecule has 0 atom stereocenters. The number of carbonyl (C=O) groups is 3. The van der Waals surface area contributed by atoms with Crippen molar-refractivity contribution in [2.24, 2.45) is 0 Å². The lowest BCUT2D eigenvalue weighted by Gasteiger charge is -2.32. The van der Waals surface area contributed by atoms with Crippen molar-refractivity contribution in [3.05, 3.63) is 70.2 Å². The Morgan fingerprint density at radius 1 is 0.964 bits per heavy atom. The van der Waals surface area contributed by atoms with E-state index in [4.69, 9.17) is 0 Å². The fraction of sp³-hybridized carbons (Fsp3) is 0.286. The maximum absolute atomic E-state index is 12.6. The molecule has 1 fully saturated rings. The molecule has 146 valence electrons. The molecule has 0 radical (unpaired) electrons. The molecule has 1 saturated heterocycles. The van der Waals surface area contributed by atoms with E-state index in [0.29, 0.717) is 37.1 Å². The summed E-state index contributed by atoms with van der Waals surface area (Å²) < 4.78 is 0.782. The third-order valence-corrected chi connectivity index (χ3v) is 5.39. The summed E-state index contributed by atoms with van der Waals surface area (Å²) in [4.78, 5) is 38.5. The number of hydrogen-bond donors (Lipinski definition) is 2. The zero-order valence-electron chi connectivity index (χ0n) is 15.4. The number of nitrogens with one attached hydrogen (secondary N) is 2. The van der Waals surface area contributed by atoms with Crippen LogP contribution >= 0.6 is 15.9 Å². The van der Waals surface area contributed by atoms with Gasteiger partial charge in [0.25, 0.3) is 11.8 Å². The minimum Gasteiger partial charge on any atom is -0.352 e. The van der Waals surface area contributed by atoms with Crippen molar-refractivity contribution in [3.8, 4) is 0 Å². The number of halogens is 1. The largest absolute Gasteiger partial charge is 0.352 e. The molecule has 3 rings (SSSR count). The molecule has 28 heavy (non-hydrogen) atoms. The third-order valence-electron chi connectivity index (χ3n) is 4.70. The first-order valence-corrected chi connectivity index (χ1v) is 10.0. The molecule has 1 aliphatic heterocycles. The molecule has 0 aliphatic carbocycles. The molecule has 0 unspecified atom stereocenters. The van der Waals surface area contributed by atoms with Gasteiger partial charge in [-0.1, -0.05) is 30.3 Å². The molecule has 6 nitrogen and oxygen atoms in total. The van der Waals surface area contributed by atoms with Crippen LogP contribution in [0.15, 0.2) is 59.1 Å². The second-order valence-electron chi connectivity index (χ2n) is 6.66. The Morgan fingerprint density at radius 2 is 1.61 bits per heavy atom. The van der Waals surface area contributed by atoms with Crippen LogP contribution in [0.1, 0.15) is 33.6 Å². The number of rotatable bonds is 5. The van der Waals surface area contributed by atoms with Gasteiger partial charge in [-0.25, -0.2) is 0 Å². The highest BCUT2D eigenvalue weighted by atomic mass is 79.9. The molecule has 0 aromatic heterocycles. The fourth-order valence-corrected chi connectivity index (χ4v) is 3.62. The van der Waals surface area contributed by atoms with Crippen molar-refractivity contribution in [1.82, 2.24) is 15.5 Å². The average Bonchev–Trinajstić information content (AvgIpc) is 2.73. The molecular weight excluding hydrogens is 422 g/mol. The molecule has 1 heterocycles. The smallest absolute Gasteiger partial charge is 0.254 e. The number of hydrogen-bond acceptors (Lipinski definition) is 3. The Hall–Kier alpha value is -2.67. The van der Waals surface area contributed by atoms with Gasteiger partial charge in [-0.15, -0.1) is 0 Å². The first-order chi connectivity index (χ1) is 13.5. The summed E-state index contributed by atoms with van der Waals surface area (Å²) in [6, 6.07) is 16.2. The van der Waals surface area contributed by atoms with E-state index in [-0.39, 0.29) is 30.3 Å². The van der Waals surface area contributed by atoms with Crippen LogP contribution in [0.4, 0.5) is 0 Å². The highest BCUT2D eigenvalue weighted by Crippen LogP contribution is 2.20. The molecule has 1 aliphatic rings. The van der Waals surface area contributed by atoms with Crippen molar-refractivity contribution >= 4 is 33.7 Å². The molecule has 0 spiro atoms. The van der Waals surface area contributed by atoms with Gasteiger partial charge in [0.05, 0.1) is 12.1 Å². The lowest BCUT2D eigenvalue weighted by atomic mass is 10.0. The minimum atomic E-state index is -0.274. The highest BCUT2D eigenvalue weighted by molar-refractivity contribution is 9.10. The topological polar surface area (TPSA) is 78.5 Å². The van der Waals surface area contributed by atoms with Crippen molar-refractivity contribution < 1.29 is 14.4 Å². The number of piperidine rings is 1. The lowest BCUT2D eigenvalue weighted by Crippen LogP contribution is -2.48. The van der Waals surface area contributed by atoms with E-state index in [1.54, 1.807) is 35.2 Å². The van der Waals surface area contributed by atoms with Crippen molar-refractivity contribution in [2.45, 2.75) is 18.9 Å². The van der Waals surface area contributed by atoms with Crippen LogP contribution in [0.25, 0.3) is 0 Å². The van der Waals surface area contributed by atoms with Crippen molar-refractivity contribution in [3.63, 3.8) is 0 Å².